The number of hydrogen-bond acceptors (Lipinski definition) is 2. The molecule has 1 aromatic carbocycles. The van der Waals surface area contributed by atoms with Crippen LogP contribution in [-0.2, 0) is 0 Å². The quantitative estimate of drug-likeness (QED) is 0.910. The van der Waals surface area contributed by atoms with Gasteiger partial charge in [-0.2, -0.15) is 0 Å². The van der Waals surface area contributed by atoms with Crippen molar-refractivity contribution in [2.75, 3.05) is 0 Å². The minimum atomic E-state index is -0.219. The van der Waals surface area contributed by atoms with E-state index in [1.807, 2.05) is 31.2 Å². The number of halogens is 1. The lowest BCUT2D eigenvalue weighted by molar-refractivity contribution is 0.466. The van der Waals surface area contributed by atoms with Crippen LogP contribution in [0.5, 0.6) is 0 Å². The predicted molar refractivity (Wildman–Crippen MR) is 68.4 cm³/mol. The van der Waals surface area contributed by atoms with Gasteiger partial charge in [0.1, 0.15) is 11.5 Å². The number of aryl methyl sites for hydroxylation is 2. The maximum atomic E-state index is 6.18. The van der Waals surface area contributed by atoms with Gasteiger partial charge >= 0.3 is 0 Å². The lowest BCUT2D eigenvalue weighted by Crippen LogP contribution is -2.11. The van der Waals surface area contributed by atoms with Gasteiger partial charge in [0.15, 0.2) is 0 Å². The molecule has 2 rings (SSSR count). The Morgan fingerprint density at radius 2 is 1.94 bits per heavy atom. The zero-order valence-electron chi connectivity index (χ0n) is 9.33. The van der Waals surface area contributed by atoms with Crippen molar-refractivity contribution >= 4 is 15.9 Å². The fourth-order valence-corrected chi connectivity index (χ4v) is 2.17. The summed E-state index contributed by atoms with van der Waals surface area (Å²) in [5, 5.41) is 0. The molecule has 84 valence electrons. The van der Waals surface area contributed by atoms with Crippen LogP contribution >= 0.6 is 15.9 Å². The first-order valence-corrected chi connectivity index (χ1v) is 5.95. The Hall–Kier alpha value is -1.06. The zero-order chi connectivity index (χ0) is 11.7. The molecule has 0 aliphatic heterocycles. The summed E-state index contributed by atoms with van der Waals surface area (Å²) < 4.78 is 6.56. The minimum Gasteiger partial charge on any atom is -0.464 e. The Bertz CT molecular complexity index is 504. The first kappa shape index (κ1) is 11.4. The lowest BCUT2D eigenvalue weighted by Gasteiger charge is -2.12. The van der Waals surface area contributed by atoms with E-state index in [9.17, 15) is 0 Å². The van der Waals surface area contributed by atoms with E-state index in [1.54, 1.807) is 0 Å². The van der Waals surface area contributed by atoms with Crippen molar-refractivity contribution in [3.63, 3.8) is 0 Å². The van der Waals surface area contributed by atoms with Gasteiger partial charge in [-0.15, -0.1) is 0 Å². The lowest BCUT2D eigenvalue weighted by atomic mass is 10.0. The predicted octanol–water partition coefficient (Wildman–Crippen LogP) is 3.71. The Morgan fingerprint density at radius 1 is 1.19 bits per heavy atom. The molecule has 2 aromatic rings. The van der Waals surface area contributed by atoms with Gasteiger partial charge in [-0.1, -0.05) is 33.6 Å². The molecule has 0 spiro atoms. The summed E-state index contributed by atoms with van der Waals surface area (Å²) in [6.07, 6.45) is 0. The van der Waals surface area contributed by atoms with E-state index >= 15 is 0 Å². The van der Waals surface area contributed by atoms with Crippen LogP contribution in [0.2, 0.25) is 0 Å². The van der Waals surface area contributed by atoms with Crippen molar-refractivity contribution < 1.29 is 4.42 Å². The van der Waals surface area contributed by atoms with Gasteiger partial charge in [0, 0.05) is 4.47 Å². The summed E-state index contributed by atoms with van der Waals surface area (Å²) >= 11 is 3.51. The minimum absolute atomic E-state index is 0.219. The van der Waals surface area contributed by atoms with Crippen LogP contribution in [0.1, 0.15) is 28.7 Å². The normalized spacial score (nSPS) is 12.8. The largest absolute Gasteiger partial charge is 0.464 e. The number of benzene rings is 1. The van der Waals surface area contributed by atoms with E-state index in [4.69, 9.17) is 10.2 Å². The van der Waals surface area contributed by atoms with Crippen LogP contribution in [0.25, 0.3) is 0 Å². The third-order valence-corrected chi connectivity index (χ3v) is 3.28. The molecule has 2 N–H and O–H groups in total. The molecule has 1 atom stereocenters. The molecule has 16 heavy (non-hydrogen) atoms. The van der Waals surface area contributed by atoms with Crippen molar-refractivity contribution in [3.8, 4) is 0 Å². The molecule has 0 saturated carbocycles. The van der Waals surface area contributed by atoms with Crippen molar-refractivity contribution in [2.45, 2.75) is 19.9 Å². The molecule has 0 aliphatic rings. The maximum absolute atomic E-state index is 6.18. The van der Waals surface area contributed by atoms with Crippen LogP contribution in [0, 0.1) is 13.8 Å². The van der Waals surface area contributed by atoms with Crippen LogP contribution in [0.3, 0.4) is 0 Å². The monoisotopic (exact) mass is 279 g/mol. The van der Waals surface area contributed by atoms with Crippen LogP contribution in [0.4, 0.5) is 0 Å². The molecule has 3 heteroatoms. The van der Waals surface area contributed by atoms with Gasteiger partial charge in [-0.05, 0) is 37.6 Å². The molecule has 0 aliphatic carbocycles. The molecular formula is C13H14BrNO. The summed E-state index contributed by atoms with van der Waals surface area (Å²) in [4.78, 5) is 0. The highest BCUT2D eigenvalue weighted by Gasteiger charge is 2.15. The fraction of sp³-hybridized carbons (Fsp3) is 0.231. The van der Waals surface area contributed by atoms with E-state index in [-0.39, 0.29) is 6.04 Å². The second kappa shape index (κ2) is 4.44. The molecule has 1 unspecified atom stereocenters. The highest BCUT2D eigenvalue weighted by atomic mass is 79.9. The molecule has 0 saturated heterocycles. The van der Waals surface area contributed by atoms with E-state index < -0.39 is 0 Å². The Kier molecular flexibility index (Phi) is 3.17. The van der Waals surface area contributed by atoms with E-state index in [2.05, 4.69) is 28.9 Å². The first-order valence-electron chi connectivity index (χ1n) is 5.16. The summed E-state index contributed by atoms with van der Waals surface area (Å²) in [6, 6.07) is 9.77. The molecule has 0 bridgehead atoms. The molecule has 1 aromatic heterocycles. The van der Waals surface area contributed by atoms with Crippen molar-refractivity contribution in [1.29, 1.82) is 0 Å². The number of hydrogen-bond donors (Lipinski definition) is 1. The van der Waals surface area contributed by atoms with Crippen LogP contribution in [0.15, 0.2) is 39.2 Å². The highest BCUT2D eigenvalue weighted by Crippen LogP contribution is 2.28. The number of furan rings is 1. The highest BCUT2D eigenvalue weighted by molar-refractivity contribution is 9.10. The Balaban J connectivity index is 2.40. The van der Waals surface area contributed by atoms with Gasteiger partial charge in [-0.3, -0.25) is 0 Å². The second-order valence-corrected chi connectivity index (χ2v) is 4.81. The maximum Gasteiger partial charge on any atom is 0.125 e. The molecular weight excluding hydrogens is 266 g/mol. The van der Waals surface area contributed by atoms with Gasteiger partial charge in [0.25, 0.3) is 0 Å². The number of nitrogens with two attached hydrogens (primary N) is 1. The van der Waals surface area contributed by atoms with Crippen LogP contribution < -0.4 is 5.73 Å². The van der Waals surface area contributed by atoms with Gasteiger partial charge in [-0.25, -0.2) is 0 Å². The Labute approximate surface area is 104 Å². The first-order chi connectivity index (χ1) is 7.58. The topological polar surface area (TPSA) is 39.2 Å². The molecule has 1 heterocycles. The second-order valence-electron chi connectivity index (χ2n) is 3.95. The number of rotatable bonds is 2. The SMILES string of the molecule is Cc1ccc(Br)c(C(N)c2ccc(C)o2)c1. The van der Waals surface area contributed by atoms with E-state index in [1.165, 1.54) is 5.56 Å². The smallest absolute Gasteiger partial charge is 0.125 e. The molecule has 0 fully saturated rings. The summed E-state index contributed by atoms with van der Waals surface area (Å²) in [5.41, 5.74) is 8.42. The van der Waals surface area contributed by atoms with Gasteiger partial charge in [0.2, 0.25) is 0 Å². The van der Waals surface area contributed by atoms with Crippen molar-refractivity contribution in [3.05, 3.63) is 57.5 Å². The van der Waals surface area contributed by atoms with Crippen LogP contribution in [-0.4, -0.2) is 0 Å². The summed E-state index contributed by atoms with van der Waals surface area (Å²) in [5.74, 6) is 1.68. The zero-order valence-corrected chi connectivity index (χ0v) is 10.9. The average molecular weight is 280 g/mol. The average Bonchev–Trinajstić information content (AvgIpc) is 2.67. The van der Waals surface area contributed by atoms with Gasteiger partial charge < -0.3 is 10.2 Å². The van der Waals surface area contributed by atoms with E-state index in [0.717, 1.165) is 21.6 Å². The Morgan fingerprint density at radius 3 is 2.56 bits per heavy atom. The molecule has 0 amide bonds. The van der Waals surface area contributed by atoms with Crippen molar-refractivity contribution in [2.24, 2.45) is 5.73 Å². The third kappa shape index (κ3) is 2.20. The van der Waals surface area contributed by atoms with E-state index in [0.29, 0.717) is 0 Å². The molecule has 0 radical (unpaired) electrons. The molecule has 2 nitrogen and oxygen atoms in total. The standard InChI is InChI=1S/C13H14BrNO/c1-8-3-5-11(14)10(7-8)13(15)12-6-4-9(2)16-12/h3-7,13H,15H2,1-2H3. The summed E-state index contributed by atoms with van der Waals surface area (Å²) in [6.45, 7) is 3.97. The van der Waals surface area contributed by atoms with Crippen molar-refractivity contribution in [1.82, 2.24) is 0 Å². The fourth-order valence-electron chi connectivity index (χ4n) is 1.68. The third-order valence-electron chi connectivity index (χ3n) is 2.55. The van der Waals surface area contributed by atoms with Gasteiger partial charge in [0.05, 0.1) is 6.04 Å². The summed E-state index contributed by atoms with van der Waals surface area (Å²) in [7, 11) is 0.